The Balaban J connectivity index is 2.16. The largest absolute Gasteiger partial charge is 0.477 e. The molecule has 2 rings (SSSR count). The van der Waals surface area contributed by atoms with Crippen LogP contribution in [0.4, 0.5) is 8.78 Å². The zero-order chi connectivity index (χ0) is 10.2. The molecule has 0 heterocycles. The van der Waals surface area contributed by atoms with E-state index in [9.17, 15) is 8.78 Å². The van der Waals surface area contributed by atoms with Gasteiger partial charge in [-0.3, -0.25) is 0 Å². The lowest BCUT2D eigenvalue weighted by molar-refractivity contribution is 0.0344. The first kappa shape index (κ1) is 9.19. The van der Waals surface area contributed by atoms with Gasteiger partial charge in [0.1, 0.15) is 5.75 Å². The van der Waals surface area contributed by atoms with Crippen LogP contribution in [-0.2, 0) is 0 Å². The molecule has 1 aromatic carbocycles. The van der Waals surface area contributed by atoms with E-state index in [0.29, 0.717) is 5.75 Å². The van der Waals surface area contributed by atoms with Gasteiger partial charge in [0.25, 0.3) is 5.92 Å². The molecule has 1 atom stereocenters. The van der Waals surface area contributed by atoms with E-state index in [1.807, 2.05) is 0 Å². The fourth-order valence-electron chi connectivity index (χ4n) is 1.36. The maximum absolute atomic E-state index is 12.9. The Kier molecular flexibility index (Phi) is 1.84. The first-order valence-electron chi connectivity index (χ1n) is 4.35. The highest BCUT2D eigenvalue weighted by Crippen LogP contribution is 2.55. The van der Waals surface area contributed by atoms with Crippen molar-refractivity contribution in [2.45, 2.75) is 17.9 Å². The number of hydrogen-bond acceptors (Lipinski definition) is 1. The molecule has 0 saturated heterocycles. The van der Waals surface area contributed by atoms with Crippen LogP contribution in [0.1, 0.15) is 6.42 Å². The number of hydrogen-bond donors (Lipinski definition) is 0. The van der Waals surface area contributed by atoms with Gasteiger partial charge in [-0.25, -0.2) is 8.78 Å². The third-order valence-corrected chi connectivity index (χ3v) is 2.35. The monoisotopic (exact) mass is 196 g/mol. The van der Waals surface area contributed by atoms with E-state index in [1.165, 1.54) is 6.08 Å². The molecule has 1 aliphatic rings. The van der Waals surface area contributed by atoms with Crippen LogP contribution in [0, 0.1) is 0 Å². The molecule has 1 unspecified atom stereocenters. The molecule has 0 N–H and O–H groups in total. The van der Waals surface area contributed by atoms with Crippen molar-refractivity contribution in [2.24, 2.45) is 0 Å². The predicted molar refractivity (Wildman–Crippen MR) is 49.6 cm³/mol. The molecular weight excluding hydrogens is 186 g/mol. The minimum atomic E-state index is -2.77. The minimum absolute atomic E-state index is 0.279. The van der Waals surface area contributed by atoms with E-state index in [0.717, 1.165) is 0 Å². The van der Waals surface area contributed by atoms with E-state index in [1.54, 1.807) is 30.3 Å². The van der Waals surface area contributed by atoms with Gasteiger partial charge in [0.15, 0.2) is 5.60 Å². The Hall–Kier alpha value is -1.38. The molecule has 3 heteroatoms. The number of para-hydroxylation sites is 1. The zero-order valence-electron chi connectivity index (χ0n) is 7.54. The maximum Gasteiger partial charge on any atom is 0.295 e. The first-order valence-corrected chi connectivity index (χ1v) is 4.35. The summed E-state index contributed by atoms with van der Waals surface area (Å²) in [6.45, 7) is 3.38. The fourth-order valence-corrected chi connectivity index (χ4v) is 1.36. The van der Waals surface area contributed by atoms with Crippen LogP contribution in [0.5, 0.6) is 5.75 Å². The molecule has 0 radical (unpaired) electrons. The minimum Gasteiger partial charge on any atom is -0.477 e. The van der Waals surface area contributed by atoms with Gasteiger partial charge in [-0.05, 0) is 18.2 Å². The molecule has 0 aliphatic heterocycles. The van der Waals surface area contributed by atoms with Crippen LogP contribution in [-0.4, -0.2) is 11.5 Å². The van der Waals surface area contributed by atoms with Crippen molar-refractivity contribution in [2.75, 3.05) is 0 Å². The highest BCUT2D eigenvalue weighted by atomic mass is 19.3. The highest BCUT2D eigenvalue weighted by Gasteiger charge is 2.72. The molecule has 1 saturated carbocycles. The second-order valence-corrected chi connectivity index (χ2v) is 3.39. The molecular formula is C11H10F2O. The zero-order valence-corrected chi connectivity index (χ0v) is 7.54. The first-order chi connectivity index (χ1) is 6.60. The smallest absolute Gasteiger partial charge is 0.295 e. The van der Waals surface area contributed by atoms with Gasteiger partial charge in [0.2, 0.25) is 0 Å². The number of rotatable bonds is 3. The van der Waals surface area contributed by atoms with Gasteiger partial charge < -0.3 is 4.74 Å². The summed E-state index contributed by atoms with van der Waals surface area (Å²) in [7, 11) is 0. The lowest BCUT2D eigenvalue weighted by Crippen LogP contribution is -2.23. The van der Waals surface area contributed by atoms with Crippen LogP contribution in [0.15, 0.2) is 43.0 Å². The summed E-state index contributed by atoms with van der Waals surface area (Å²) in [6.07, 6.45) is 0.901. The second kappa shape index (κ2) is 2.80. The van der Waals surface area contributed by atoms with Gasteiger partial charge in [-0.15, -0.1) is 0 Å². The van der Waals surface area contributed by atoms with Crippen LogP contribution in [0.25, 0.3) is 0 Å². The summed E-state index contributed by atoms with van der Waals surface area (Å²) in [5.41, 5.74) is -1.48. The Morgan fingerprint density at radius 1 is 1.29 bits per heavy atom. The van der Waals surface area contributed by atoms with Gasteiger partial charge >= 0.3 is 0 Å². The van der Waals surface area contributed by atoms with Crippen LogP contribution < -0.4 is 4.74 Å². The van der Waals surface area contributed by atoms with Crippen molar-refractivity contribution < 1.29 is 13.5 Å². The van der Waals surface area contributed by atoms with Gasteiger partial charge in [0.05, 0.1) is 6.42 Å². The molecule has 1 aliphatic carbocycles. The summed E-state index contributed by atoms with van der Waals surface area (Å²) in [5, 5.41) is 0. The van der Waals surface area contributed by atoms with Crippen molar-refractivity contribution in [1.29, 1.82) is 0 Å². The third-order valence-electron chi connectivity index (χ3n) is 2.35. The lowest BCUT2D eigenvalue weighted by atomic mass is 10.3. The Morgan fingerprint density at radius 2 is 1.86 bits per heavy atom. The van der Waals surface area contributed by atoms with Crippen LogP contribution in [0.3, 0.4) is 0 Å². The van der Waals surface area contributed by atoms with Gasteiger partial charge in [-0.2, -0.15) is 0 Å². The summed E-state index contributed by atoms with van der Waals surface area (Å²) < 4.78 is 31.1. The topological polar surface area (TPSA) is 9.23 Å². The summed E-state index contributed by atoms with van der Waals surface area (Å²) in [4.78, 5) is 0. The van der Waals surface area contributed by atoms with Crippen molar-refractivity contribution in [3.8, 4) is 5.75 Å². The number of ether oxygens (including phenoxy) is 1. The predicted octanol–water partition coefficient (Wildman–Crippen LogP) is 3.03. The Bertz CT molecular complexity index is 348. The van der Waals surface area contributed by atoms with E-state index < -0.39 is 11.5 Å². The molecule has 0 spiro atoms. The average molecular weight is 196 g/mol. The molecule has 0 aromatic heterocycles. The highest BCUT2D eigenvalue weighted by molar-refractivity contribution is 5.30. The SMILES string of the molecule is C=CC1(Oc2ccccc2)CC1(F)F. The fraction of sp³-hybridized carbons (Fsp3) is 0.273. The van der Waals surface area contributed by atoms with Gasteiger partial charge in [0, 0.05) is 0 Å². The Morgan fingerprint density at radius 3 is 2.29 bits per heavy atom. The molecule has 74 valence electrons. The molecule has 0 bridgehead atoms. The standard InChI is InChI=1S/C11H10F2O/c1-2-10(8-11(10,12)13)14-9-6-4-3-5-7-9/h2-7H,1,8H2. The third kappa shape index (κ3) is 1.29. The van der Waals surface area contributed by atoms with Crippen molar-refractivity contribution in [3.63, 3.8) is 0 Å². The average Bonchev–Trinajstić information content (AvgIpc) is 2.70. The molecule has 14 heavy (non-hydrogen) atoms. The number of alkyl halides is 2. The summed E-state index contributed by atoms with van der Waals surface area (Å²) in [6, 6.07) is 8.59. The van der Waals surface area contributed by atoms with Crippen molar-refractivity contribution in [3.05, 3.63) is 43.0 Å². The molecule has 0 amide bonds. The van der Waals surface area contributed by atoms with Crippen LogP contribution in [0.2, 0.25) is 0 Å². The number of halogens is 2. The van der Waals surface area contributed by atoms with Crippen LogP contribution >= 0.6 is 0 Å². The van der Waals surface area contributed by atoms with E-state index >= 15 is 0 Å². The second-order valence-electron chi connectivity index (χ2n) is 3.39. The van der Waals surface area contributed by atoms with E-state index in [-0.39, 0.29) is 6.42 Å². The normalized spacial score (nSPS) is 28.1. The lowest BCUT2D eigenvalue weighted by Gasteiger charge is -2.14. The quantitative estimate of drug-likeness (QED) is 0.675. The molecule has 1 fully saturated rings. The van der Waals surface area contributed by atoms with Gasteiger partial charge in [-0.1, -0.05) is 24.8 Å². The van der Waals surface area contributed by atoms with E-state index in [4.69, 9.17) is 4.74 Å². The maximum atomic E-state index is 12.9. The number of benzene rings is 1. The molecule has 1 aromatic rings. The van der Waals surface area contributed by atoms with E-state index in [2.05, 4.69) is 6.58 Å². The summed E-state index contributed by atoms with van der Waals surface area (Å²) in [5.74, 6) is -2.32. The van der Waals surface area contributed by atoms with Crippen molar-refractivity contribution >= 4 is 0 Å². The molecule has 1 nitrogen and oxygen atoms in total. The van der Waals surface area contributed by atoms with Crippen molar-refractivity contribution in [1.82, 2.24) is 0 Å². The summed E-state index contributed by atoms with van der Waals surface area (Å²) >= 11 is 0. The Labute approximate surface area is 81.0 Å².